The van der Waals surface area contributed by atoms with Gasteiger partial charge in [-0.2, -0.15) is 0 Å². The Morgan fingerprint density at radius 2 is 1.79 bits per heavy atom. The van der Waals surface area contributed by atoms with Gasteiger partial charge >= 0.3 is 0 Å². The van der Waals surface area contributed by atoms with Gasteiger partial charge in [-0.15, -0.1) is 0 Å². The molecule has 0 atom stereocenters. The van der Waals surface area contributed by atoms with Crippen LogP contribution in [0.1, 0.15) is 47.5 Å². The van der Waals surface area contributed by atoms with Crippen molar-refractivity contribution in [2.45, 2.75) is 47.5 Å². The summed E-state index contributed by atoms with van der Waals surface area (Å²) in [4.78, 5) is 0. The van der Waals surface area contributed by atoms with Gasteiger partial charge in [0.15, 0.2) is 0 Å². The maximum atomic E-state index is 4.27. The van der Waals surface area contributed by atoms with Crippen molar-refractivity contribution in [2.75, 3.05) is 0 Å². The van der Waals surface area contributed by atoms with Crippen molar-refractivity contribution in [3.05, 3.63) is 83.6 Å². The molecule has 5 N–H and O–H groups in total. The Morgan fingerprint density at radius 1 is 1.21 bits per heavy atom. The van der Waals surface area contributed by atoms with Crippen molar-refractivity contribution in [3.63, 3.8) is 0 Å². The van der Waals surface area contributed by atoms with E-state index in [0.717, 1.165) is 35.1 Å². The van der Waals surface area contributed by atoms with Crippen LogP contribution in [0, 0.1) is 5.41 Å². The predicted octanol–water partition coefficient (Wildman–Crippen LogP) is 6.21. The molecule has 0 unspecified atom stereocenters. The van der Waals surface area contributed by atoms with Crippen LogP contribution >= 0.6 is 0 Å². The first-order chi connectivity index (χ1) is 10.2. The summed E-state index contributed by atoms with van der Waals surface area (Å²) in [5, 5.41) is 0. The Hall–Kier alpha value is -1.90. The van der Waals surface area contributed by atoms with E-state index in [9.17, 15) is 0 Å². The van der Waals surface area contributed by atoms with E-state index in [4.69, 9.17) is 0 Å². The van der Waals surface area contributed by atoms with E-state index in [1.807, 2.05) is 13.0 Å². The number of hydrogen-bond acceptors (Lipinski definition) is 1. The smallest absolute Gasteiger partial charge is 0.0132 e. The standard InChI is InChI=1S/C22H30.H3N.H2O/c1-9-19(20-13-11-12-16(3)14-20)15-17(4)21(10-2)18(5)22(6,7)8;;/h9-10,13-15H,1,4-5,11-12H2,2-3,6-8H3;1H3;1H2/b19-15+,21-10+;;. The Morgan fingerprint density at radius 3 is 2.21 bits per heavy atom. The second-order valence-electron chi connectivity index (χ2n) is 6.95. The second kappa shape index (κ2) is 10.1. The highest BCUT2D eigenvalue weighted by Gasteiger charge is 2.19. The normalized spacial score (nSPS) is 15.4. The monoisotopic (exact) mass is 329 g/mol. The van der Waals surface area contributed by atoms with Gasteiger partial charge in [-0.3, -0.25) is 0 Å². The minimum absolute atomic E-state index is 0. The van der Waals surface area contributed by atoms with Gasteiger partial charge in [0.25, 0.3) is 0 Å². The topological polar surface area (TPSA) is 66.5 Å². The fraction of sp³-hybridized carbons (Fsp3) is 0.364. The molecule has 0 fully saturated rings. The third-order valence-corrected chi connectivity index (χ3v) is 4.05. The lowest BCUT2D eigenvalue weighted by Gasteiger charge is -2.25. The molecule has 0 aliphatic heterocycles. The summed E-state index contributed by atoms with van der Waals surface area (Å²) in [6.07, 6.45) is 12.9. The maximum absolute atomic E-state index is 4.27. The highest BCUT2D eigenvalue weighted by atomic mass is 16.0. The first kappa shape index (κ1) is 24.4. The molecular weight excluding hydrogens is 294 g/mol. The molecule has 24 heavy (non-hydrogen) atoms. The second-order valence-corrected chi connectivity index (χ2v) is 6.95. The Labute approximate surface area is 148 Å². The highest BCUT2D eigenvalue weighted by molar-refractivity contribution is 5.57. The summed E-state index contributed by atoms with van der Waals surface area (Å²) in [5.41, 5.74) is 7.07. The first-order valence-electron chi connectivity index (χ1n) is 7.98. The number of rotatable bonds is 5. The average Bonchev–Trinajstić information content (AvgIpc) is 2.44. The summed E-state index contributed by atoms with van der Waals surface area (Å²) in [6, 6.07) is 0. The Bertz CT molecular complexity index is 604. The van der Waals surface area contributed by atoms with E-state index in [0.29, 0.717) is 0 Å². The molecule has 0 bridgehead atoms. The van der Waals surface area contributed by atoms with Gasteiger partial charge < -0.3 is 11.6 Å². The van der Waals surface area contributed by atoms with E-state index >= 15 is 0 Å². The summed E-state index contributed by atoms with van der Waals surface area (Å²) < 4.78 is 0. The van der Waals surface area contributed by atoms with Gasteiger partial charge in [0.2, 0.25) is 0 Å². The Balaban J connectivity index is 0. The molecule has 1 aliphatic rings. The molecule has 0 aromatic carbocycles. The molecular formula is C22H35NO. The molecule has 0 radical (unpaired) electrons. The molecule has 2 heteroatoms. The van der Waals surface area contributed by atoms with Crippen molar-refractivity contribution < 1.29 is 5.48 Å². The lowest BCUT2D eigenvalue weighted by atomic mass is 9.80. The van der Waals surface area contributed by atoms with Crippen molar-refractivity contribution in [3.8, 4) is 0 Å². The first-order valence-corrected chi connectivity index (χ1v) is 7.98. The van der Waals surface area contributed by atoms with Crippen LogP contribution in [0.4, 0.5) is 0 Å². The molecule has 1 aliphatic carbocycles. The van der Waals surface area contributed by atoms with Crippen LogP contribution in [0.15, 0.2) is 83.6 Å². The van der Waals surface area contributed by atoms with Crippen molar-refractivity contribution in [1.82, 2.24) is 6.15 Å². The van der Waals surface area contributed by atoms with Gasteiger partial charge in [-0.25, -0.2) is 0 Å². The summed E-state index contributed by atoms with van der Waals surface area (Å²) in [5.74, 6) is 0. The minimum Gasteiger partial charge on any atom is -0.412 e. The van der Waals surface area contributed by atoms with E-state index in [1.54, 1.807) is 0 Å². The van der Waals surface area contributed by atoms with E-state index in [-0.39, 0.29) is 17.0 Å². The molecule has 1 rings (SSSR count). The van der Waals surface area contributed by atoms with Crippen molar-refractivity contribution in [1.29, 1.82) is 0 Å². The number of hydrogen-bond donors (Lipinski definition) is 1. The van der Waals surface area contributed by atoms with Crippen LogP contribution in [0.2, 0.25) is 0 Å². The van der Waals surface area contributed by atoms with Crippen molar-refractivity contribution in [2.24, 2.45) is 5.41 Å². The lowest BCUT2D eigenvalue weighted by Crippen LogP contribution is -2.11. The molecule has 0 saturated carbocycles. The molecule has 0 spiro atoms. The van der Waals surface area contributed by atoms with E-state index in [2.05, 4.69) is 71.7 Å². The largest absolute Gasteiger partial charge is 0.412 e. The SMILES string of the molecule is C=C/C(=C\C(=C)/C(=C\C)C(=C)C(C)(C)C)C1=CCCC(C)=C1.N.O. The minimum atomic E-state index is 0. The fourth-order valence-corrected chi connectivity index (χ4v) is 2.54. The molecule has 134 valence electrons. The summed E-state index contributed by atoms with van der Waals surface area (Å²) in [6.45, 7) is 23.3. The van der Waals surface area contributed by atoms with Gasteiger partial charge in [0, 0.05) is 0 Å². The van der Waals surface area contributed by atoms with Crippen LogP contribution in [0.3, 0.4) is 0 Å². The van der Waals surface area contributed by atoms with Gasteiger partial charge in [-0.1, -0.05) is 70.4 Å². The maximum Gasteiger partial charge on any atom is -0.0132 e. The predicted molar refractivity (Wildman–Crippen MR) is 109 cm³/mol. The molecule has 0 aromatic rings. The number of allylic oxidation sites excluding steroid dienone is 11. The van der Waals surface area contributed by atoms with Crippen LogP contribution < -0.4 is 6.15 Å². The summed E-state index contributed by atoms with van der Waals surface area (Å²) in [7, 11) is 0. The Kier molecular flexibility index (Phi) is 10.2. The quantitative estimate of drug-likeness (QED) is 0.599. The van der Waals surface area contributed by atoms with E-state index in [1.165, 1.54) is 11.1 Å². The zero-order chi connectivity index (χ0) is 16.9. The van der Waals surface area contributed by atoms with Crippen LogP contribution in [0.5, 0.6) is 0 Å². The van der Waals surface area contributed by atoms with E-state index < -0.39 is 0 Å². The van der Waals surface area contributed by atoms with Crippen LogP contribution in [-0.2, 0) is 0 Å². The van der Waals surface area contributed by atoms with Crippen LogP contribution in [-0.4, -0.2) is 5.48 Å². The molecule has 0 saturated heterocycles. The van der Waals surface area contributed by atoms with Gasteiger partial charge in [-0.05, 0) is 66.0 Å². The molecule has 0 aromatic heterocycles. The highest BCUT2D eigenvalue weighted by Crippen LogP contribution is 2.34. The van der Waals surface area contributed by atoms with Gasteiger partial charge in [0.1, 0.15) is 0 Å². The average molecular weight is 330 g/mol. The fourth-order valence-electron chi connectivity index (χ4n) is 2.54. The third-order valence-electron chi connectivity index (χ3n) is 4.05. The van der Waals surface area contributed by atoms with Crippen molar-refractivity contribution >= 4 is 0 Å². The summed E-state index contributed by atoms with van der Waals surface area (Å²) >= 11 is 0. The van der Waals surface area contributed by atoms with Crippen LogP contribution in [0.25, 0.3) is 0 Å². The molecule has 2 nitrogen and oxygen atoms in total. The van der Waals surface area contributed by atoms with Gasteiger partial charge in [0.05, 0.1) is 0 Å². The third kappa shape index (κ3) is 6.31. The zero-order valence-corrected chi connectivity index (χ0v) is 16.1. The molecule has 0 amide bonds. The lowest BCUT2D eigenvalue weighted by molar-refractivity contribution is 0.514. The molecule has 0 heterocycles. The zero-order valence-electron chi connectivity index (χ0n) is 16.1.